The second kappa shape index (κ2) is 7.69. The molecule has 2 rings (SSSR count). The monoisotopic (exact) mass is 305 g/mol. The van der Waals surface area contributed by atoms with Crippen molar-refractivity contribution in [3.63, 3.8) is 0 Å². The van der Waals surface area contributed by atoms with E-state index in [0.717, 1.165) is 4.90 Å². The van der Waals surface area contributed by atoms with Crippen molar-refractivity contribution in [2.24, 2.45) is 0 Å². The quantitative estimate of drug-likeness (QED) is 0.657. The zero-order valence-corrected chi connectivity index (χ0v) is 12.5. The van der Waals surface area contributed by atoms with Crippen molar-refractivity contribution in [3.05, 3.63) is 59.9 Å². The summed E-state index contributed by atoms with van der Waals surface area (Å²) in [5.41, 5.74) is 0.649. The van der Waals surface area contributed by atoms with E-state index in [9.17, 15) is 9.18 Å². The van der Waals surface area contributed by atoms with Crippen molar-refractivity contribution >= 4 is 17.7 Å². The Kier molecular flexibility index (Phi) is 5.63. The normalized spacial score (nSPS) is 10.2. The van der Waals surface area contributed by atoms with Crippen molar-refractivity contribution in [1.29, 1.82) is 0 Å². The molecule has 0 heterocycles. The highest BCUT2D eigenvalue weighted by Gasteiger charge is 2.09. The van der Waals surface area contributed by atoms with Crippen LogP contribution in [0.3, 0.4) is 0 Å². The van der Waals surface area contributed by atoms with Crippen LogP contribution < -0.4 is 10.1 Å². The standard InChI is InChI=1S/C16H16FNO2S/c1-21-15-8-3-2-7-14(15)16(19)18-9-10-20-13-6-4-5-12(17)11-13/h2-8,11H,9-10H2,1H3,(H,18,19). The van der Waals surface area contributed by atoms with E-state index in [4.69, 9.17) is 4.74 Å². The first-order valence-corrected chi connectivity index (χ1v) is 7.73. The van der Waals surface area contributed by atoms with Crippen molar-refractivity contribution in [1.82, 2.24) is 5.32 Å². The molecule has 2 aromatic carbocycles. The molecule has 0 spiro atoms. The van der Waals surface area contributed by atoms with Crippen LogP contribution in [0.25, 0.3) is 0 Å². The van der Waals surface area contributed by atoms with E-state index >= 15 is 0 Å². The van der Waals surface area contributed by atoms with Gasteiger partial charge in [-0.2, -0.15) is 0 Å². The predicted octanol–water partition coefficient (Wildman–Crippen LogP) is 3.36. The third-order valence-electron chi connectivity index (χ3n) is 2.80. The molecule has 5 heteroatoms. The fraction of sp³-hybridized carbons (Fsp3) is 0.188. The first kappa shape index (κ1) is 15.4. The van der Waals surface area contributed by atoms with Crippen molar-refractivity contribution in [3.8, 4) is 5.75 Å². The highest BCUT2D eigenvalue weighted by Crippen LogP contribution is 2.19. The minimum absolute atomic E-state index is 0.136. The lowest BCUT2D eigenvalue weighted by Crippen LogP contribution is -2.28. The molecule has 0 aliphatic rings. The Morgan fingerprint density at radius 2 is 2.05 bits per heavy atom. The minimum atomic E-state index is -0.342. The summed E-state index contributed by atoms with van der Waals surface area (Å²) in [6.45, 7) is 0.648. The number of halogens is 1. The zero-order valence-electron chi connectivity index (χ0n) is 11.6. The molecule has 0 saturated carbocycles. The minimum Gasteiger partial charge on any atom is -0.492 e. The van der Waals surface area contributed by atoms with Crippen LogP contribution in [0.15, 0.2) is 53.4 Å². The van der Waals surface area contributed by atoms with Crippen LogP contribution in [-0.2, 0) is 0 Å². The number of ether oxygens (including phenoxy) is 1. The number of thioether (sulfide) groups is 1. The van der Waals surface area contributed by atoms with Gasteiger partial charge in [-0.05, 0) is 30.5 Å². The Bertz CT molecular complexity index is 619. The van der Waals surface area contributed by atoms with E-state index in [0.29, 0.717) is 17.9 Å². The molecule has 0 radical (unpaired) electrons. The number of nitrogens with one attached hydrogen (secondary N) is 1. The van der Waals surface area contributed by atoms with Gasteiger partial charge in [0.1, 0.15) is 18.2 Å². The summed E-state index contributed by atoms with van der Waals surface area (Å²) in [6.07, 6.45) is 1.93. The summed E-state index contributed by atoms with van der Waals surface area (Å²) in [7, 11) is 0. The Morgan fingerprint density at radius 1 is 1.24 bits per heavy atom. The van der Waals surface area contributed by atoms with Crippen LogP contribution in [0.1, 0.15) is 10.4 Å². The van der Waals surface area contributed by atoms with Crippen molar-refractivity contribution < 1.29 is 13.9 Å². The second-order valence-electron chi connectivity index (χ2n) is 4.26. The van der Waals surface area contributed by atoms with Crippen LogP contribution in [0.5, 0.6) is 5.75 Å². The molecule has 0 unspecified atom stereocenters. The number of hydrogen-bond donors (Lipinski definition) is 1. The maximum Gasteiger partial charge on any atom is 0.252 e. The number of rotatable bonds is 6. The first-order valence-electron chi connectivity index (χ1n) is 6.50. The molecular weight excluding hydrogens is 289 g/mol. The molecule has 2 aromatic rings. The van der Waals surface area contributed by atoms with Gasteiger partial charge in [-0.15, -0.1) is 11.8 Å². The second-order valence-corrected chi connectivity index (χ2v) is 5.11. The molecule has 110 valence electrons. The van der Waals surface area contributed by atoms with Gasteiger partial charge in [0.2, 0.25) is 0 Å². The van der Waals surface area contributed by atoms with E-state index in [2.05, 4.69) is 5.32 Å². The van der Waals surface area contributed by atoms with Gasteiger partial charge in [-0.1, -0.05) is 18.2 Å². The maximum atomic E-state index is 13.0. The lowest BCUT2D eigenvalue weighted by atomic mass is 10.2. The molecule has 0 fully saturated rings. The van der Waals surface area contributed by atoms with Gasteiger partial charge in [0.15, 0.2) is 0 Å². The summed E-state index contributed by atoms with van der Waals surface area (Å²) >= 11 is 1.53. The number of carbonyl (C=O) groups is 1. The van der Waals surface area contributed by atoms with Gasteiger partial charge in [-0.25, -0.2) is 4.39 Å². The third kappa shape index (κ3) is 4.49. The van der Waals surface area contributed by atoms with Crippen LogP contribution in [-0.4, -0.2) is 25.3 Å². The van der Waals surface area contributed by atoms with E-state index in [-0.39, 0.29) is 18.3 Å². The molecule has 21 heavy (non-hydrogen) atoms. The number of carbonyl (C=O) groups excluding carboxylic acids is 1. The van der Waals surface area contributed by atoms with Gasteiger partial charge in [0.05, 0.1) is 12.1 Å². The average molecular weight is 305 g/mol. The van der Waals surface area contributed by atoms with Gasteiger partial charge < -0.3 is 10.1 Å². The fourth-order valence-electron chi connectivity index (χ4n) is 1.82. The van der Waals surface area contributed by atoms with Crippen LogP contribution in [0, 0.1) is 5.82 Å². The van der Waals surface area contributed by atoms with E-state index in [1.807, 2.05) is 24.5 Å². The van der Waals surface area contributed by atoms with Crippen molar-refractivity contribution in [2.45, 2.75) is 4.90 Å². The predicted molar refractivity (Wildman–Crippen MR) is 82.5 cm³/mol. The van der Waals surface area contributed by atoms with Crippen LogP contribution in [0.4, 0.5) is 4.39 Å². The summed E-state index contributed by atoms with van der Waals surface area (Å²) < 4.78 is 18.3. The fourth-order valence-corrected chi connectivity index (χ4v) is 2.41. The van der Waals surface area contributed by atoms with Gasteiger partial charge in [-0.3, -0.25) is 4.79 Å². The zero-order chi connectivity index (χ0) is 15.1. The highest BCUT2D eigenvalue weighted by atomic mass is 32.2. The molecule has 0 aliphatic carbocycles. The van der Waals surface area contributed by atoms with Gasteiger partial charge in [0, 0.05) is 11.0 Å². The molecule has 0 saturated heterocycles. The average Bonchev–Trinajstić information content (AvgIpc) is 2.51. The first-order chi connectivity index (χ1) is 10.2. The Hall–Kier alpha value is -2.01. The van der Waals surface area contributed by atoms with Gasteiger partial charge >= 0.3 is 0 Å². The Balaban J connectivity index is 1.82. The Labute approximate surface area is 127 Å². The summed E-state index contributed by atoms with van der Waals surface area (Å²) in [4.78, 5) is 13.0. The highest BCUT2D eigenvalue weighted by molar-refractivity contribution is 7.98. The van der Waals surface area contributed by atoms with E-state index in [1.54, 1.807) is 18.2 Å². The SMILES string of the molecule is CSc1ccccc1C(=O)NCCOc1cccc(F)c1. The summed E-state index contributed by atoms with van der Waals surface area (Å²) in [5.74, 6) is -0.0259. The molecule has 1 amide bonds. The summed E-state index contributed by atoms with van der Waals surface area (Å²) in [6, 6.07) is 13.3. The summed E-state index contributed by atoms with van der Waals surface area (Å²) in [5, 5.41) is 2.79. The van der Waals surface area contributed by atoms with E-state index < -0.39 is 0 Å². The van der Waals surface area contributed by atoms with E-state index in [1.165, 1.54) is 23.9 Å². The largest absolute Gasteiger partial charge is 0.492 e. The lowest BCUT2D eigenvalue weighted by Gasteiger charge is -2.09. The van der Waals surface area contributed by atoms with Crippen LogP contribution >= 0.6 is 11.8 Å². The number of benzene rings is 2. The molecule has 0 atom stereocenters. The molecular formula is C16H16FNO2S. The lowest BCUT2D eigenvalue weighted by molar-refractivity contribution is 0.0944. The number of amides is 1. The van der Waals surface area contributed by atoms with Crippen LogP contribution in [0.2, 0.25) is 0 Å². The maximum absolute atomic E-state index is 13.0. The van der Waals surface area contributed by atoms with Gasteiger partial charge in [0.25, 0.3) is 5.91 Å². The third-order valence-corrected chi connectivity index (χ3v) is 3.60. The molecule has 3 nitrogen and oxygen atoms in total. The Morgan fingerprint density at radius 3 is 2.81 bits per heavy atom. The molecule has 0 bridgehead atoms. The smallest absolute Gasteiger partial charge is 0.252 e. The molecule has 1 N–H and O–H groups in total. The van der Waals surface area contributed by atoms with Crippen molar-refractivity contribution in [2.75, 3.05) is 19.4 Å². The topological polar surface area (TPSA) is 38.3 Å². The number of hydrogen-bond acceptors (Lipinski definition) is 3. The molecule has 0 aromatic heterocycles. The molecule has 0 aliphatic heterocycles.